The minimum absolute atomic E-state index is 0.330. The number of piperidine rings is 1. The molecule has 2 heterocycles. The highest BCUT2D eigenvalue weighted by molar-refractivity contribution is 7.88. The fourth-order valence-electron chi connectivity index (χ4n) is 4.96. The molecule has 182 valence electrons. The minimum atomic E-state index is -3.26. The number of ether oxygens (including phenoxy) is 2. The molecule has 0 radical (unpaired) electrons. The lowest BCUT2D eigenvalue weighted by molar-refractivity contribution is 0.230. The second-order valence-electron chi connectivity index (χ2n) is 8.65. The van der Waals surface area contributed by atoms with E-state index in [0.29, 0.717) is 61.1 Å². The van der Waals surface area contributed by atoms with Crippen LogP contribution in [0.15, 0.2) is 36.4 Å². The Morgan fingerprint density at radius 3 is 2.35 bits per heavy atom. The van der Waals surface area contributed by atoms with E-state index < -0.39 is 10.0 Å². The first-order valence-corrected chi connectivity index (χ1v) is 13.0. The van der Waals surface area contributed by atoms with Crippen molar-refractivity contribution < 1.29 is 17.9 Å². The topological polar surface area (TPSA) is 120 Å². The smallest absolute Gasteiger partial charge is 0.224 e. The molecule has 34 heavy (non-hydrogen) atoms. The van der Waals surface area contributed by atoms with E-state index in [2.05, 4.69) is 27.4 Å². The number of sulfonamides is 1. The fraction of sp³-hybridized carbons (Fsp3) is 0.417. The zero-order chi connectivity index (χ0) is 24.5. The largest absolute Gasteiger partial charge is 0.493 e. The predicted octanol–water partition coefficient (Wildman–Crippen LogP) is 2.81. The van der Waals surface area contributed by atoms with E-state index in [1.807, 2.05) is 18.2 Å². The highest BCUT2D eigenvalue weighted by Crippen LogP contribution is 2.46. The van der Waals surface area contributed by atoms with E-state index in [1.54, 1.807) is 31.6 Å². The highest BCUT2D eigenvalue weighted by atomic mass is 32.2. The Bertz CT molecular complexity index is 1290. The van der Waals surface area contributed by atoms with E-state index in [1.165, 1.54) is 6.26 Å². The number of fused-ring (bicyclic) bond motifs is 1. The van der Waals surface area contributed by atoms with Gasteiger partial charge in [0.15, 0.2) is 11.5 Å². The number of aromatic nitrogens is 2. The van der Waals surface area contributed by atoms with Gasteiger partial charge in [-0.25, -0.2) is 17.7 Å². The van der Waals surface area contributed by atoms with Crippen LogP contribution in [-0.2, 0) is 21.9 Å². The molecule has 1 saturated heterocycles. The number of nitrogens with one attached hydrogen (secondary N) is 1. The molecule has 0 unspecified atom stereocenters. The molecule has 1 aromatic heterocycles. The van der Waals surface area contributed by atoms with Crippen molar-refractivity contribution in [3.63, 3.8) is 0 Å². The number of nitrogens with zero attached hydrogens (tertiary/aromatic N) is 3. The van der Waals surface area contributed by atoms with Gasteiger partial charge in [0, 0.05) is 42.6 Å². The van der Waals surface area contributed by atoms with Crippen LogP contribution in [0.2, 0.25) is 0 Å². The predicted molar refractivity (Wildman–Crippen MR) is 134 cm³/mol. The van der Waals surface area contributed by atoms with E-state index in [4.69, 9.17) is 15.2 Å². The van der Waals surface area contributed by atoms with Crippen LogP contribution in [0.3, 0.4) is 0 Å². The summed E-state index contributed by atoms with van der Waals surface area (Å²) in [5, 5.41) is 3.66. The summed E-state index contributed by atoms with van der Waals surface area (Å²) in [5.74, 6) is 1.91. The number of nitrogen functional groups attached to an aromatic ring is 1. The molecule has 1 aliphatic rings. The Kier molecular flexibility index (Phi) is 6.55. The second-order valence-corrected chi connectivity index (χ2v) is 10.6. The Labute approximate surface area is 200 Å². The van der Waals surface area contributed by atoms with Gasteiger partial charge in [-0.05, 0) is 24.8 Å². The second kappa shape index (κ2) is 9.27. The van der Waals surface area contributed by atoms with Crippen LogP contribution in [0.5, 0.6) is 11.5 Å². The van der Waals surface area contributed by atoms with Gasteiger partial charge >= 0.3 is 0 Å². The average molecular weight is 486 g/mol. The van der Waals surface area contributed by atoms with Crippen molar-refractivity contribution in [3.8, 4) is 11.5 Å². The van der Waals surface area contributed by atoms with Gasteiger partial charge in [-0.1, -0.05) is 30.3 Å². The van der Waals surface area contributed by atoms with E-state index in [0.717, 1.165) is 16.5 Å². The summed E-state index contributed by atoms with van der Waals surface area (Å²) in [6.45, 7) is 0.877. The molecular formula is C24H31N5O4S. The first kappa shape index (κ1) is 24.0. The molecule has 9 nitrogen and oxygen atoms in total. The molecule has 1 aliphatic heterocycles. The van der Waals surface area contributed by atoms with Crippen LogP contribution in [-0.4, -0.2) is 63.3 Å². The number of benzene rings is 2. The summed E-state index contributed by atoms with van der Waals surface area (Å²) in [4.78, 5) is 9.02. The molecule has 10 heteroatoms. The summed E-state index contributed by atoms with van der Waals surface area (Å²) in [6, 6.07) is 12.0. The molecule has 0 amide bonds. The van der Waals surface area contributed by atoms with Crippen LogP contribution in [0.1, 0.15) is 24.0 Å². The fourth-order valence-corrected chi connectivity index (χ4v) is 5.81. The number of hydrogen-bond donors (Lipinski definition) is 2. The van der Waals surface area contributed by atoms with Crippen molar-refractivity contribution in [1.29, 1.82) is 0 Å². The van der Waals surface area contributed by atoms with Gasteiger partial charge in [0.05, 0.1) is 26.0 Å². The Morgan fingerprint density at radius 1 is 1.12 bits per heavy atom. The van der Waals surface area contributed by atoms with Gasteiger partial charge in [0.25, 0.3) is 0 Å². The molecule has 0 atom stereocenters. The molecule has 0 saturated carbocycles. The van der Waals surface area contributed by atoms with Gasteiger partial charge in [0.1, 0.15) is 5.82 Å². The summed E-state index contributed by atoms with van der Waals surface area (Å²) in [6.07, 6.45) is 3.14. The summed E-state index contributed by atoms with van der Waals surface area (Å²) in [5.41, 5.74) is 8.76. The zero-order valence-corrected chi connectivity index (χ0v) is 20.8. The first-order chi connectivity index (χ1) is 16.2. The lowest BCUT2D eigenvalue weighted by Crippen LogP contribution is -2.46. The lowest BCUT2D eigenvalue weighted by atomic mass is 9.69. The van der Waals surface area contributed by atoms with Gasteiger partial charge in [-0.2, -0.15) is 4.98 Å². The number of rotatable bonds is 7. The molecule has 4 rings (SSSR count). The maximum atomic E-state index is 12.2. The van der Waals surface area contributed by atoms with E-state index in [-0.39, 0.29) is 5.41 Å². The normalized spacial score (nSPS) is 16.4. The molecule has 0 aliphatic carbocycles. The Balaban J connectivity index is 1.91. The minimum Gasteiger partial charge on any atom is -0.493 e. The van der Waals surface area contributed by atoms with Gasteiger partial charge < -0.3 is 20.5 Å². The monoisotopic (exact) mass is 485 g/mol. The van der Waals surface area contributed by atoms with Crippen LogP contribution < -0.4 is 20.5 Å². The summed E-state index contributed by atoms with van der Waals surface area (Å²) in [7, 11) is 1.67. The quantitative estimate of drug-likeness (QED) is 0.524. The highest BCUT2D eigenvalue weighted by Gasteiger charge is 2.40. The third-order valence-electron chi connectivity index (χ3n) is 6.73. The molecule has 0 bridgehead atoms. The van der Waals surface area contributed by atoms with E-state index >= 15 is 0 Å². The van der Waals surface area contributed by atoms with Crippen molar-refractivity contribution in [2.45, 2.75) is 24.7 Å². The van der Waals surface area contributed by atoms with Crippen molar-refractivity contribution in [3.05, 3.63) is 47.5 Å². The standard InChI is InChI=1S/C24H31N5O4S/c1-26-23-27-18-14-19(32-2)21(33-3)17(20(18)22(25)28-23)15-24(16-8-6-5-7-9-16)10-12-29(13-11-24)34(4,30)31/h5-9,14H,10-13,15H2,1-4H3,(H3,25,26,27,28). The SMILES string of the molecule is CNc1nc(N)c2c(CC3(c4ccccc4)CCN(S(C)(=O)=O)CC3)c(OC)c(OC)cc2n1. The molecule has 1 fully saturated rings. The first-order valence-electron chi connectivity index (χ1n) is 11.1. The Hall–Kier alpha value is -3.11. The molecular weight excluding hydrogens is 454 g/mol. The van der Waals surface area contributed by atoms with Crippen LogP contribution >= 0.6 is 0 Å². The van der Waals surface area contributed by atoms with Crippen LogP contribution in [0.25, 0.3) is 10.9 Å². The van der Waals surface area contributed by atoms with Gasteiger partial charge in [-0.3, -0.25) is 0 Å². The van der Waals surface area contributed by atoms with E-state index in [9.17, 15) is 8.42 Å². The third-order valence-corrected chi connectivity index (χ3v) is 8.03. The maximum Gasteiger partial charge on any atom is 0.224 e. The van der Waals surface area contributed by atoms with Crippen LogP contribution in [0, 0.1) is 0 Å². The van der Waals surface area contributed by atoms with Crippen molar-refractivity contribution in [2.24, 2.45) is 0 Å². The third kappa shape index (κ3) is 4.35. The number of methoxy groups -OCH3 is 2. The average Bonchev–Trinajstić information content (AvgIpc) is 2.83. The van der Waals surface area contributed by atoms with Crippen molar-refractivity contribution in [1.82, 2.24) is 14.3 Å². The van der Waals surface area contributed by atoms with Crippen molar-refractivity contribution in [2.75, 3.05) is 51.7 Å². The van der Waals surface area contributed by atoms with Crippen molar-refractivity contribution >= 4 is 32.7 Å². The number of anilines is 2. The maximum absolute atomic E-state index is 12.2. The molecule has 2 aromatic carbocycles. The number of hydrogen-bond acceptors (Lipinski definition) is 8. The molecule has 3 aromatic rings. The summed E-state index contributed by atoms with van der Waals surface area (Å²) < 4.78 is 37.4. The van der Waals surface area contributed by atoms with Gasteiger partial charge in [0.2, 0.25) is 16.0 Å². The molecule has 0 spiro atoms. The van der Waals surface area contributed by atoms with Gasteiger partial charge in [-0.15, -0.1) is 0 Å². The number of nitrogens with two attached hydrogens (primary N) is 1. The Morgan fingerprint density at radius 2 is 1.79 bits per heavy atom. The lowest BCUT2D eigenvalue weighted by Gasteiger charge is -2.42. The molecule has 3 N–H and O–H groups in total. The van der Waals surface area contributed by atoms with Crippen LogP contribution in [0.4, 0.5) is 11.8 Å². The summed E-state index contributed by atoms with van der Waals surface area (Å²) >= 11 is 0. The zero-order valence-electron chi connectivity index (χ0n) is 20.0.